The number of methoxy groups -OCH3 is 1. The highest BCUT2D eigenvalue weighted by Crippen LogP contribution is 2.31. The van der Waals surface area contributed by atoms with Crippen LogP contribution in [-0.4, -0.2) is 41.9 Å². The molecule has 2 heterocycles. The third kappa shape index (κ3) is 4.51. The Morgan fingerprint density at radius 2 is 2.10 bits per heavy atom. The molecule has 0 spiro atoms. The first-order valence-corrected chi connectivity index (χ1v) is 10.5. The highest BCUT2D eigenvalue weighted by atomic mass is 19.1. The SMILES string of the molecule is COc1cc(F)ccc1CN[C@@H]1CCCc2nc(N3CCC(CO)CC3)ncc21. The van der Waals surface area contributed by atoms with Crippen LogP contribution >= 0.6 is 0 Å². The highest BCUT2D eigenvalue weighted by molar-refractivity contribution is 5.37. The van der Waals surface area contributed by atoms with Crippen molar-refractivity contribution >= 4 is 5.95 Å². The quantitative estimate of drug-likeness (QED) is 0.777. The Balaban J connectivity index is 1.45. The van der Waals surface area contributed by atoms with Crippen molar-refractivity contribution in [2.75, 3.05) is 31.7 Å². The monoisotopic (exact) mass is 400 g/mol. The van der Waals surface area contributed by atoms with Gasteiger partial charge in [0.1, 0.15) is 11.6 Å². The number of hydrogen-bond donors (Lipinski definition) is 2. The lowest BCUT2D eigenvalue weighted by atomic mass is 9.92. The molecule has 7 heteroatoms. The van der Waals surface area contributed by atoms with Crippen molar-refractivity contribution in [3.05, 3.63) is 47.0 Å². The van der Waals surface area contributed by atoms with Crippen LogP contribution in [0.25, 0.3) is 0 Å². The van der Waals surface area contributed by atoms with E-state index in [4.69, 9.17) is 9.72 Å². The number of halogens is 1. The molecule has 29 heavy (non-hydrogen) atoms. The van der Waals surface area contributed by atoms with Gasteiger partial charge in [-0.15, -0.1) is 0 Å². The first-order chi connectivity index (χ1) is 14.2. The van der Waals surface area contributed by atoms with E-state index in [2.05, 4.69) is 15.2 Å². The number of nitrogens with zero attached hydrogens (tertiary/aromatic N) is 3. The zero-order valence-corrected chi connectivity index (χ0v) is 16.9. The summed E-state index contributed by atoms with van der Waals surface area (Å²) in [4.78, 5) is 11.8. The molecule has 1 atom stereocenters. The third-order valence-electron chi connectivity index (χ3n) is 6.11. The maximum atomic E-state index is 13.4. The van der Waals surface area contributed by atoms with Gasteiger partial charge in [-0.3, -0.25) is 0 Å². The van der Waals surface area contributed by atoms with E-state index in [0.717, 1.165) is 68.0 Å². The zero-order chi connectivity index (χ0) is 20.2. The Morgan fingerprint density at radius 3 is 2.86 bits per heavy atom. The number of aromatic nitrogens is 2. The van der Waals surface area contributed by atoms with E-state index >= 15 is 0 Å². The molecular weight excluding hydrogens is 371 g/mol. The molecule has 0 saturated carbocycles. The van der Waals surface area contributed by atoms with Gasteiger partial charge in [-0.1, -0.05) is 6.07 Å². The van der Waals surface area contributed by atoms with Crippen LogP contribution in [0.2, 0.25) is 0 Å². The first kappa shape index (κ1) is 20.0. The second-order valence-electron chi connectivity index (χ2n) is 7.97. The van der Waals surface area contributed by atoms with E-state index < -0.39 is 0 Å². The van der Waals surface area contributed by atoms with E-state index in [0.29, 0.717) is 18.2 Å². The van der Waals surface area contributed by atoms with Crippen LogP contribution in [0.5, 0.6) is 5.75 Å². The van der Waals surface area contributed by atoms with Crippen molar-refractivity contribution < 1.29 is 14.2 Å². The molecule has 1 aromatic heterocycles. The van der Waals surface area contributed by atoms with Gasteiger partial charge in [-0.05, 0) is 44.1 Å². The number of aryl methyl sites for hydroxylation is 1. The van der Waals surface area contributed by atoms with Crippen LogP contribution in [0, 0.1) is 11.7 Å². The second kappa shape index (κ2) is 9.05. The molecule has 2 aliphatic rings. The average molecular weight is 400 g/mol. The molecule has 1 saturated heterocycles. The first-order valence-electron chi connectivity index (χ1n) is 10.5. The van der Waals surface area contributed by atoms with Gasteiger partial charge in [0.2, 0.25) is 5.95 Å². The van der Waals surface area contributed by atoms with Crippen molar-refractivity contribution in [1.29, 1.82) is 0 Å². The Bertz CT molecular complexity index is 840. The van der Waals surface area contributed by atoms with E-state index in [1.54, 1.807) is 13.2 Å². The van der Waals surface area contributed by atoms with Crippen LogP contribution in [0.15, 0.2) is 24.4 Å². The molecule has 1 aliphatic heterocycles. The molecule has 0 unspecified atom stereocenters. The molecular formula is C22H29FN4O2. The van der Waals surface area contributed by atoms with Gasteiger partial charge in [0, 0.05) is 55.7 Å². The minimum absolute atomic E-state index is 0.183. The van der Waals surface area contributed by atoms with Gasteiger partial charge in [-0.25, -0.2) is 14.4 Å². The number of ether oxygens (including phenoxy) is 1. The summed E-state index contributed by atoms with van der Waals surface area (Å²) in [5.74, 6) is 1.48. The molecule has 1 fully saturated rings. The molecule has 1 aliphatic carbocycles. The second-order valence-corrected chi connectivity index (χ2v) is 7.97. The van der Waals surface area contributed by atoms with Crippen molar-refractivity contribution in [3.63, 3.8) is 0 Å². The van der Waals surface area contributed by atoms with Crippen LogP contribution in [0.4, 0.5) is 10.3 Å². The number of anilines is 1. The summed E-state index contributed by atoms with van der Waals surface area (Å²) in [5, 5.41) is 12.9. The molecule has 0 bridgehead atoms. The van der Waals surface area contributed by atoms with E-state index in [-0.39, 0.29) is 18.5 Å². The standard InChI is InChI=1S/C22H29FN4O2/c1-29-21-11-17(23)6-5-16(21)12-24-19-3-2-4-20-18(19)13-25-22(26-20)27-9-7-15(14-28)8-10-27/h5-6,11,13,15,19,24,28H,2-4,7-10,12,14H2,1H3/t19-/m1/s1. The number of rotatable bonds is 6. The summed E-state index contributed by atoms with van der Waals surface area (Å²) < 4.78 is 18.7. The number of piperidine rings is 1. The minimum Gasteiger partial charge on any atom is -0.496 e. The van der Waals surface area contributed by atoms with Crippen LogP contribution in [-0.2, 0) is 13.0 Å². The number of aliphatic hydroxyl groups excluding tert-OH is 1. The number of nitrogens with one attached hydrogen (secondary N) is 1. The smallest absolute Gasteiger partial charge is 0.225 e. The predicted octanol–water partition coefficient (Wildman–Crippen LogP) is 3.00. The average Bonchev–Trinajstić information content (AvgIpc) is 2.77. The largest absolute Gasteiger partial charge is 0.496 e. The van der Waals surface area contributed by atoms with Crippen LogP contribution in [0.1, 0.15) is 48.5 Å². The molecule has 4 rings (SSSR count). The molecule has 1 aromatic carbocycles. The molecule has 2 aromatic rings. The Hall–Kier alpha value is -2.25. The molecule has 2 N–H and O–H groups in total. The Labute approximate surface area is 171 Å². The van der Waals surface area contributed by atoms with Gasteiger partial charge in [0.15, 0.2) is 0 Å². The summed E-state index contributed by atoms with van der Waals surface area (Å²) in [6.45, 7) is 2.67. The Morgan fingerprint density at radius 1 is 1.28 bits per heavy atom. The van der Waals surface area contributed by atoms with E-state index in [1.165, 1.54) is 12.1 Å². The lowest BCUT2D eigenvalue weighted by molar-refractivity contribution is 0.202. The zero-order valence-electron chi connectivity index (χ0n) is 16.9. The lowest BCUT2D eigenvalue weighted by Gasteiger charge is -2.32. The Kier molecular flexibility index (Phi) is 6.25. The molecule has 6 nitrogen and oxygen atoms in total. The molecule has 0 amide bonds. The van der Waals surface area contributed by atoms with Crippen molar-refractivity contribution in [2.45, 2.75) is 44.7 Å². The lowest BCUT2D eigenvalue weighted by Crippen LogP contribution is -2.36. The topological polar surface area (TPSA) is 70.5 Å². The maximum absolute atomic E-state index is 13.4. The predicted molar refractivity (Wildman–Crippen MR) is 110 cm³/mol. The van der Waals surface area contributed by atoms with Gasteiger partial charge >= 0.3 is 0 Å². The summed E-state index contributed by atoms with van der Waals surface area (Å²) >= 11 is 0. The number of hydrogen-bond acceptors (Lipinski definition) is 6. The number of fused-ring (bicyclic) bond motifs is 1. The molecule has 0 radical (unpaired) electrons. The summed E-state index contributed by atoms with van der Waals surface area (Å²) in [6, 6.07) is 4.83. The third-order valence-corrected chi connectivity index (χ3v) is 6.11. The summed E-state index contributed by atoms with van der Waals surface area (Å²) in [6.07, 6.45) is 7.02. The fourth-order valence-electron chi connectivity index (χ4n) is 4.31. The summed E-state index contributed by atoms with van der Waals surface area (Å²) in [7, 11) is 1.56. The van der Waals surface area contributed by atoms with Gasteiger partial charge < -0.3 is 20.1 Å². The van der Waals surface area contributed by atoms with Crippen molar-refractivity contribution in [2.24, 2.45) is 5.92 Å². The van der Waals surface area contributed by atoms with Crippen molar-refractivity contribution in [1.82, 2.24) is 15.3 Å². The highest BCUT2D eigenvalue weighted by Gasteiger charge is 2.25. The fraction of sp³-hybridized carbons (Fsp3) is 0.545. The van der Waals surface area contributed by atoms with E-state index in [1.807, 2.05) is 6.20 Å². The van der Waals surface area contributed by atoms with Crippen LogP contribution < -0.4 is 15.0 Å². The van der Waals surface area contributed by atoms with E-state index in [9.17, 15) is 9.50 Å². The number of benzene rings is 1. The maximum Gasteiger partial charge on any atom is 0.225 e. The normalized spacial score (nSPS) is 19.8. The van der Waals surface area contributed by atoms with Crippen LogP contribution in [0.3, 0.4) is 0 Å². The molecule has 156 valence electrons. The fourth-order valence-corrected chi connectivity index (χ4v) is 4.31. The van der Waals surface area contributed by atoms with Gasteiger partial charge in [0.05, 0.1) is 12.8 Å². The van der Waals surface area contributed by atoms with Crippen molar-refractivity contribution in [3.8, 4) is 5.75 Å². The summed E-state index contributed by atoms with van der Waals surface area (Å²) in [5.41, 5.74) is 3.21. The number of aliphatic hydroxyl groups is 1. The van der Waals surface area contributed by atoms with Gasteiger partial charge in [0.25, 0.3) is 0 Å². The minimum atomic E-state index is -0.294. The van der Waals surface area contributed by atoms with Gasteiger partial charge in [-0.2, -0.15) is 0 Å².